The van der Waals surface area contributed by atoms with Gasteiger partial charge in [-0.1, -0.05) is 12.1 Å². The van der Waals surface area contributed by atoms with Gasteiger partial charge in [0.05, 0.1) is 6.61 Å². The van der Waals surface area contributed by atoms with Gasteiger partial charge in [0.15, 0.2) is 11.6 Å². The van der Waals surface area contributed by atoms with Crippen LogP contribution >= 0.6 is 0 Å². The first-order chi connectivity index (χ1) is 10.1. The molecule has 0 saturated heterocycles. The van der Waals surface area contributed by atoms with Crippen molar-refractivity contribution in [2.45, 2.75) is 63.1 Å². The molecule has 2 N–H and O–H groups in total. The topological polar surface area (TPSA) is 41.5 Å². The second-order valence-corrected chi connectivity index (χ2v) is 6.58. The van der Waals surface area contributed by atoms with Crippen molar-refractivity contribution in [2.24, 2.45) is 0 Å². The van der Waals surface area contributed by atoms with Crippen LogP contribution in [-0.4, -0.2) is 29.4 Å². The lowest BCUT2D eigenvalue weighted by molar-refractivity contribution is 0.0478. The van der Waals surface area contributed by atoms with Crippen molar-refractivity contribution < 1.29 is 14.2 Å². The lowest BCUT2D eigenvalue weighted by Crippen LogP contribution is -2.54. The van der Waals surface area contributed by atoms with Gasteiger partial charge >= 0.3 is 0 Å². The Morgan fingerprint density at radius 2 is 2.19 bits per heavy atom. The van der Waals surface area contributed by atoms with Gasteiger partial charge in [-0.05, 0) is 50.7 Å². The normalized spacial score (nSPS) is 29.4. The number of hydrogen-bond donors (Lipinski definition) is 2. The van der Waals surface area contributed by atoms with Crippen molar-refractivity contribution in [2.75, 3.05) is 6.61 Å². The van der Waals surface area contributed by atoms with E-state index < -0.39 is 0 Å². The average Bonchev–Trinajstić information content (AvgIpc) is 3.28. The van der Waals surface area contributed by atoms with E-state index in [1.807, 2.05) is 6.07 Å². The summed E-state index contributed by atoms with van der Waals surface area (Å²) in [6.07, 6.45) is 5.98. The third-order valence-corrected chi connectivity index (χ3v) is 4.64. The molecule has 2 saturated carbocycles. The van der Waals surface area contributed by atoms with Crippen molar-refractivity contribution >= 4 is 0 Å². The predicted molar refractivity (Wildman–Crippen MR) is 80.0 cm³/mol. The molecule has 0 amide bonds. The first-order valence-electron chi connectivity index (χ1n) is 7.92. The number of hydrogen-bond acceptors (Lipinski definition) is 3. The molecule has 0 heterocycles. The molecule has 2 fully saturated rings. The average molecular weight is 293 g/mol. The maximum atomic E-state index is 14.1. The lowest BCUT2D eigenvalue weighted by Gasteiger charge is -2.40. The fourth-order valence-corrected chi connectivity index (χ4v) is 3.28. The van der Waals surface area contributed by atoms with Gasteiger partial charge in [-0.25, -0.2) is 4.39 Å². The fourth-order valence-electron chi connectivity index (χ4n) is 3.28. The van der Waals surface area contributed by atoms with E-state index in [-0.39, 0.29) is 24.1 Å². The molecule has 0 bridgehead atoms. The number of benzene rings is 1. The van der Waals surface area contributed by atoms with Crippen LogP contribution in [0.15, 0.2) is 18.2 Å². The number of rotatable bonds is 5. The van der Waals surface area contributed by atoms with Gasteiger partial charge < -0.3 is 15.2 Å². The zero-order valence-electron chi connectivity index (χ0n) is 12.6. The van der Waals surface area contributed by atoms with Gasteiger partial charge in [0.25, 0.3) is 0 Å². The Labute approximate surface area is 125 Å². The van der Waals surface area contributed by atoms with Crippen molar-refractivity contribution in [1.82, 2.24) is 5.32 Å². The van der Waals surface area contributed by atoms with Crippen molar-refractivity contribution in [1.29, 1.82) is 0 Å². The van der Waals surface area contributed by atoms with Crippen molar-refractivity contribution in [3.05, 3.63) is 29.6 Å². The molecule has 21 heavy (non-hydrogen) atoms. The minimum atomic E-state index is -0.271. The summed E-state index contributed by atoms with van der Waals surface area (Å²) in [5.74, 6) is 0.0629. The standard InChI is InChI=1S/C17H24FNO2/c1-12-4-2-6-15(16(12)18)21-14-5-3-9-17(10-14,11-20)19-13-7-8-13/h2,4,6,13-14,19-20H,3,5,7-11H2,1H3. The van der Waals surface area contributed by atoms with E-state index in [0.717, 1.165) is 25.7 Å². The first-order valence-corrected chi connectivity index (χ1v) is 7.92. The molecule has 2 atom stereocenters. The maximum absolute atomic E-state index is 14.1. The van der Waals surface area contributed by atoms with Gasteiger partial charge in [0, 0.05) is 18.0 Å². The highest BCUT2D eigenvalue weighted by molar-refractivity contribution is 5.30. The first kappa shape index (κ1) is 14.8. The molecule has 2 aliphatic rings. The van der Waals surface area contributed by atoms with Crippen LogP contribution in [0, 0.1) is 12.7 Å². The third kappa shape index (κ3) is 3.38. The number of aryl methyl sites for hydroxylation is 1. The molecule has 116 valence electrons. The summed E-state index contributed by atoms with van der Waals surface area (Å²) in [4.78, 5) is 0. The summed E-state index contributed by atoms with van der Waals surface area (Å²) < 4.78 is 20.0. The Hall–Kier alpha value is -1.13. The zero-order valence-corrected chi connectivity index (χ0v) is 12.6. The van der Waals surface area contributed by atoms with Gasteiger partial charge in [-0.3, -0.25) is 0 Å². The zero-order chi connectivity index (χ0) is 14.9. The Morgan fingerprint density at radius 3 is 2.90 bits per heavy atom. The van der Waals surface area contributed by atoms with Gasteiger partial charge in [-0.2, -0.15) is 0 Å². The number of aliphatic hydroxyl groups is 1. The predicted octanol–water partition coefficient (Wildman–Crippen LogP) is 2.94. The molecular weight excluding hydrogens is 269 g/mol. The molecule has 1 aromatic carbocycles. The molecule has 3 nitrogen and oxygen atoms in total. The number of nitrogens with one attached hydrogen (secondary N) is 1. The van der Waals surface area contributed by atoms with Crippen LogP contribution < -0.4 is 10.1 Å². The van der Waals surface area contributed by atoms with Gasteiger partial charge in [-0.15, -0.1) is 0 Å². The number of ether oxygens (including phenoxy) is 1. The minimum absolute atomic E-state index is 0.0338. The molecule has 0 radical (unpaired) electrons. The Balaban J connectivity index is 1.69. The second-order valence-electron chi connectivity index (χ2n) is 6.58. The van der Waals surface area contributed by atoms with Crippen LogP contribution in [0.3, 0.4) is 0 Å². The quantitative estimate of drug-likeness (QED) is 0.877. The van der Waals surface area contributed by atoms with Crippen LogP contribution in [0.5, 0.6) is 5.75 Å². The molecule has 0 spiro atoms. The largest absolute Gasteiger partial charge is 0.487 e. The van der Waals surface area contributed by atoms with Crippen molar-refractivity contribution in [3.8, 4) is 5.75 Å². The van der Waals surface area contributed by atoms with Crippen LogP contribution in [0.2, 0.25) is 0 Å². The molecule has 0 aromatic heterocycles. The van der Waals surface area contributed by atoms with E-state index in [1.165, 1.54) is 12.8 Å². The molecule has 2 unspecified atom stereocenters. The SMILES string of the molecule is Cc1cccc(OC2CCCC(CO)(NC3CC3)C2)c1F. The van der Waals surface area contributed by atoms with Crippen LogP contribution in [0.25, 0.3) is 0 Å². The Kier molecular flexibility index (Phi) is 4.18. The van der Waals surface area contributed by atoms with E-state index in [9.17, 15) is 9.50 Å². The summed E-state index contributed by atoms with van der Waals surface area (Å²) >= 11 is 0. The van der Waals surface area contributed by atoms with E-state index in [4.69, 9.17) is 4.74 Å². The van der Waals surface area contributed by atoms with Gasteiger partial charge in [0.1, 0.15) is 6.10 Å². The highest BCUT2D eigenvalue weighted by Crippen LogP contribution is 2.35. The fraction of sp³-hybridized carbons (Fsp3) is 0.647. The van der Waals surface area contributed by atoms with Crippen LogP contribution in [0.4, 0.5) is 4.39 Å². The summed E-state index contributed by atoms with van der Waals surface area (Å²) in [5.41, 5.74) is 0.359. The highest BCUT2D eigenvalue weighted by Gasteiger charge is 2.40. The molecule has 3 rings (SSSR count). The van der Waals surface area contributed by atoms with E-state index in [1.54, 1.807) is 19.1 Å². The monoisotopic (exact) mass is 293 g/mol. The van der Waals surface area contributed by atoms with E-state index in [2.05, 4.69) is 5.32 Å². The van der Waals surface area contributed by atoms with E-state index in [0.29, 0.717) is 17.4 Å². The van der Waals surface area contributed by atoms with Gasteiger partial charge in [0.2, 0.25) is 0 Å². The second kappa shape index (κ2) is 5.93. The Morgan fingerprint density at radius 1 is 1.38 bits per heavy atom. The molecule has 4 heteroatoms. The third-order valence-electron chi connectivity index (χ3n) is 4.64. The molecular formula is C17H24FNO2. The number of aliphatic hydroxyl groups excluding tert-OH is 1. The summed E-state index contributed by atoms with van der Waals surface area (Å²) in [5, 5.41) is 13.4. The maximum Gasteiger partial charge on any atom is 0.167 e. The summed E-state index contributed by atoms with van der Waals surface area (Å²) in [7, 11) is 0. The Bertz CT molecular complexity index is 504. The van der Waals surface area contributed by atoms with Crippen LogP contribution in [-0.2, 0) is 0 Å². The smallest absolute Gasteiger partial charge is 0.167 e. The minimum Gasteiger partial charge on any atom is -0.487 e. The van der Waals surface area contributed by atoms with Crippen LogP contribution in [0.1, 0.15) is 44.1 Å². The number of halogens is 1. The lowest BCUT2D eigenvalue weighted by atomic mass is 9.80. The molecule has 1 aromatic rings. The molecule has 0 aliphatic heterocycles. The summed E-state index contributed by atoms with van der Waals surface area (Å²) in [6.45, 7) is 1.87. The van der Waals surface area contributed by atoms with Crippen molar-refractivity contribution in [3.63, 3.8) is 0 Å². The summed E-state index contributed by atoms with van der Waals surface area (Å²) in [6, 6.07) is 5.80. The molecule has 2 aliphatic carbocycles. The van der Waals surface area contributed by atoms with E-state index >= 15 is 0 Å². The highest BCUT2D eigenvalue weighted by atomic mass is 19.1.